The smallest absolute Gasteiger partial charge is 0.0924 e. The summed E-state index contributed by atoms with van der Waals surface area (Å²) in [6, 6.07) is 0. The lowest BCUT2D eigenvalue weighted by Gasteiger charge is -2.23. The largest absolute Gasteiger partial charge is 0.331 e. The van der Waals surface area contributed by atoms with E-state index in [4.69, 9.17) is 46.6 Å². The molecule has 0 aliphatic rings. The molecule has 0 saturated carbocycles. The monoisotopic (exact) mass is 262 g/mol. The van der Waals surface area contributed by atoms with Crippen molar-refractivity contribution in [1.29, 1.82) is 0 Å². The Hall–Kier alpha value is -0.0400. The molecule has 0 rings (SSSR count). The van der Waals surface area contributed by atoms with E-state index < -0.39 is 102 Å². The molecule has 0 fully saturated rings. The highest BCUT2D eigenvalue weighted by Gasteiger charge is 2.04. The molecule has 0 saturated heterocycles. The van der Waals surface area contributed by atoms with Crippen LogP contribution in [0.4, 0.5) is 0 Å². The Morgan fingerprint density at radius 2 is 1.25 bits per heavy atom. The number of hydrogen-bond donors (Lipinski definition) is 0. The quantitative estimate of drug-likeness (QED) is 0.477. The molecule has 0 aromatic heterocycles. The molecule has 0 spiro atoms. The Labute approximate surface area is 152 Å². The van der Waals surface area contributed by atoms with E-state index in [1.165, 1.54) is 0 Å². The maximum absolute atomic E-state index is 8.23. The normalized spacial score (nSPS) is 56.5. The molecule has 0 aliphatic heterocycles. The van der Waals surface area contributed by atoms with Crippen LogP contribution in [-0.4, -0.2) is 31.9 Å². The molecule has 1 heteroatoms. The lowest BCUT2D eigenvalue weighted by Crippen LogP contribution is -2.35. The molecule has 0 radical (unpaired) electrons. The van der Waals surface area contributed by atoms with Gasteiger partial charge in [-0.05, 0) is 12.7 Å². The zero-order valence-electron chi connectivity index (χ0n) is 41.9. The molecule has 16 heavy (non-hydrogen) atoms. The molecular formula is C15H34N+. The fourth-order valence-electron chi connectivity index (χ4n) is 0.362. The molecule has 0 aromatic rings. The van der Waals surface area contributed by atoms with Gasteiger partial charge in [0.25, 0.3) is 0 Å². The summed E-state index contributed by atoms with van der Waals surface area (Å²) < 4.78 is 264. The predicted molar refractivity (Wildman–Crippen MR) is 74.7 cm³/mol. The zero-order valence-corrected chi connectivity index (χ0v) is 7.95. The highest BCUT2D eigenvalue weighted by molar-refractivity contribution is 4.47. The third-order valence-corrected chi connectivity index (χ3v) is 0.786. The fraction of sp³-hybridized carbons (Fsp3) is 1.00. The van der Waals surface area contributed by atoms with Gasteiger partial charge in [-0.25, -0.2) is 0 Å². The first-order valence-electron chi connectivity index (χ1n) is 20.6. The lowest BCUT2D eigenvalue weighted by molar-refractivity contribution is -0.870. The van der Waals surface area contributed by atoms with Crippen molar-refractivity contribution in [3.05, 3.63) is 0 Å². The van der Waals surface area contributed by atoms with Crippen LogP contribution in [0.25, 0.3) is 0 Å². The molecule has 0 atom stereocenters. The van der Waals surface area contributed by atoms with Gasteiger partial charge in [0.2, 0.25) is 0 Å². The van der Waals surface area contributed by atoms with E-state index in [1.54, 1.807) is 0 Å². The highest BCUT2D eigenvalue weighted by atomic mass is 15.3. The van der Waals surface area contributed by atoms with Crippen LogP contribution in [-0.2, 0) is 0 Å². The molecular weight excluding hydrogens is 194 g/mol. The Balaban J connectivity index is 8.01. The van der Waals surface area contributed by atoms with Crippen molar-refractivity contribution in [3.63, 3.8) is 0 Å². The fourth-order valence-corrected chi connectivity index (χ4v) is 0.362. The van der Waals surface area contributed by atoms with Crippen LogP contribution in [0, 0.1) is 0 Å². The van der Waals surface area contributed by atoms with Crippen molar-refractivity contribution in [2.75, 3.05) is 27.4 Å². The van der Waals surface area contributed by atoms with Crippen LogP contribution in [0.3, 0.4) is 0 Å². The van der Waals surface area contributed by atoms with E-state index in [2.05, 4.69) is 0 Å². The zero-order chi connectivity index (χ0) is 42.0. The van der Waals surface area contributed by atoms with Crippen LogP contribution < -0.4 is 0 Å². The number of hydrogen-bond acceptors (Lipinski definition) is 0. The summed E-state index contributed by atoms with van der Waals surface area (Å²) >= 11 is 0. The van der Waals surface area contributed by atoms with E-state index in [0.717, 1.165) is 0 Å². The lowest BCUT2D eigenvalue weighted by atomic mass is 10.1. The van der Waals surface area contributed by atoms with Crippen molar-refractivity contribution >= 4 is 0 Å². The highest BCUT2D eigenvalue weighted by Crippen LogP contribution is 2.10. The third-order valence-electron chi connectivity index (χ3n) is 0.786. The van der Waals surface area contributed by atoms with Gasteiger partial charge in [0, 0.05) is 31.5 Å². The topological polar surface area (TPSA) is 0 Å². The maximum atomic E-state index is 8.23. The summed E-state index contributed by atoms with van der Waals surface area (Å²) in [6.45, 7) is -23.4. The first kappa shape index (κ1) is 1.49. The second kappa shape index (κ2) is 10.1. The summed E-state index contributed by atoms with van der Waals surface area (Å²) in [4.78, 5) is 0. The number of nitrogens with zero attached hydrogens (tertiary/aromatic N) is 1. The SMILES string of the molecule is [2H]C([2H])([2H])C([2H])([2H])C([2H])([2H])C([2H])([2H])C([2H])([2H])C([2H])([2H])C([2H])([2H])C([2H])([2H])C([2H])([2H])C([2H])([2H])C([2H])([2H])C([2H])([2H])[N+](C([2H])([2H])[2H])(C([2H])([2H])[2H])C([2H])([2H])[2H]. The van der Waals surface area contributed by atoms with Crippen molar-refractivity contribution < 1.29 is 51.1 Å². The van der Waals surface area contributed by atoms with Crippen LogP contribution in [0.2, 0.25) is 0 Å². The van der Waals surface area contributed by atoms with Crippen LogP contribution >= 0.6 is 0 Å². The molecule has 0 unspecified atom stereocenters. The summed E-state index contributed by atoms with van der Waals surface area (Å²) in [7, 11) is 0. The van der Waals surface area contributed by atoms with E-state index in [1.807, 2.05) is 0 Å². The van der Waals surface area contributed by atoms with E-state index in [9.17, 15) is 0 Å². The predicted octanol–water partition coefficient (Wildman–Crippen LogP) is 4.61. The number of rotatable bonds is 11. The first-order chi connectivity index (χ1) is 20.8. The molecule has 0 heterocycles. The second-order valence-electron chi connectivity index (χ2n) is 2.03. The molecule has 0 N–H and O–H groups in total. The molecule has 0 aromatic carbocycles. The van der Waals surface area contributed by atoms with Gasteiger partial charge < -0.3 is 4.48 Å². The Morgan fingerprint density at radius 1 is 0.750 bits per heavy atom. The van der Waals surface area contributed by atoms with Gasteiger partial charge in [-0.2, -0.15) is 0 Å². The third kappa shape index (κ3) is 14.0. The van der Waals surface area contributed by atoms with Gasteiger partial charge in [0.05, 0.1) is 42.5 Å². The average molecular weight is 263 g/mol. The molecule has 1 nitrogen and oxygen atoms in total. The minimum absolute atomic E-state index is 3.97. The van der Waals surface area contributed by atoms with E-state index >= 15 is 0 Å². The van der Waals surface area contributed by atoms with Crippen molar-refractivity contribution in [1.82, 2.24) is 0 Å². The van der Waals surface area contributed by atoms with Crippen molar-refractivity contribution in [2.45, 2.75) is 70.6 Å². The maximum Gasteiger partial charge on any atom is 0.0924 e. The minimum Gasteiger partial charge on any atom is -0.331 e. The van der Waals surface area contributed by atoms with E-state index in [-0.39, 0.29) is 0 Å². The van der Waals surface area contributed by atoms with Gasteiger partial charge in [-0.3, -0.25) is 0 Å². The van der Waals surface area contributed by atoms with Crippen molar-refractivity contribution in [3.8, 4) is 0 Å². The van der Waals surface area contributed by atoms with Gasteiger partial charge >= 0.3 is 0 Å². The molecule has 0 bridgehead atoms. The summed E-state index contributed by atoms with van der Waals surface area (Å²) in [5.41, 5.74) is 0. The van der Waals surface area contributed by atoms with E-state index in [0.29, 0.717) is 0 Å². The summed E-state index contributed by atoms with van der Waals surface area (Å²) in [6.07, 6.45) is -50.0. The molecule has 0 aliphatic carbocycles. The Bertz CT molecular complexity index is 1190. The number of quaternary nitrogens is 1. The molecule has 98 valence electrons. The van der Waals surface area contributed by atoms with Crippen LogP contribution in [0.15, 0.2) is 0 Å². The van der Waals surface area contributed by atoms with Gasteiger partial charge in [-0.15, -0.1) is 0 Å². The second-order valence-corrected chi connectivity index (χ2v) is 2.03. The summed E-state index contributed by atoms with van der Waals surface area (Å²) in [5, 5.41) is 0. The van der Waals surface area contributed by atoms with Crippen LogP contribution in [0.1, 0.15) is 117 Å². The van der Waals surface area contributed by atoms with Crippen LogP contribution in [0.5, 0.6) is 0 Å². The Morgan fingerprint density at radius 3 is 1.75 bits per heavy atom. The first-order valence-corrected chi connectivity index (χ1v) is 3.64. The Kier molecular flexibility index (Phi) is 0.944. The summed E-state index contributed by atoms with van der Waals surface area (Å²) in [5.74, 6) is 0. The standard InChI is InChI=1S/C15H34N/c1-5-6-7-8-9-10-11-12-13-14-15-16(2,3)4/h5-15H2,1-4H3/q+1/i1D3,2D3,3D3,4D3,5D2,6D2,7D2,8D2,9D2,10D2,11D2,12D2,13D2,14D2,15D2. The minimum atomic E-state index is -5.23. The van der Waals surface area contributed by atoms with Gasteiger partial charge in [0.15, 0.2) is 0 Å². The van der Waals surface area contributed by atoms with Gasteiger partial charge in [-0.1, -0.05) is 57.8 Å². The van der Waals surface area contributed by atoms with Gasteiger partial charge in [0.1, 0.15) is 0 Å². The molecule has 0 amide bonds. The van der Waals surface area contributed by atoms with Crippen molar-refractivity contribution in [2.24, 2.45) is 0 Å². The average Bonchev–Trinajstić information content (AvgIpc) is 2.78.